The number of aliphatic hydroxyl groups excluding tert-OH is 1. The van der Waals surface area contributed by atoms with Gasteiger partial charge in [-0.05, 0) is 125 Å². The quantitative estimate of drug-likeness (QED) is 0.0471. The van der Waals surface area contributed by atoms with Gasteiger partial charge in [-0.2, -0.15) is 0 Å². The van der Waals surface area contributed by atoms with E-state index in [1.807, 2.05) is 12.1 Å². The molecular weight excluding hydrogens is 925 g/mol. The number of nitrogens with zero attached hydrogens (tertiary/aromatic N) is 1. The molecule has 2 aromatic carbocycles. The molecule has 8 amide bonds. The Bertz CT molecular complexity index is 2270. The number of unbranched alkanes of at least 4 members (excludes halogenated alkanes) is 2. The lowest BCUT2D eigenvalue weighted by atomic mass is 9.43. The Kier molecular flexibility index (Phi) is 19.9. The SMILES string of the molecule is CCCCc1ccc(-c2ccc(C(=O)N[C@H](CO)C(=O)N[C@H](C)C(=O)NCC(=O)N(C)[C@@H](CCCCN)C(=O)N[C@@H](C)C(=O)N[C@@H](CC(N)=O)C(=O)N[C@@H](C)B3OC4C[C@@H]5C[C@@H](C5(C)C)[C@]4(C)O3)cc2)cc1. The van der Waals surface area contributed by atoms with Gasteiger partial charge in [-0.25, -0.2) is 0 Å². The van der Waals surface area contributed by atoms with E-state index in [4.69, 9.17) is 20.8 Å². The average Bonchev–Trinajstić information content (AvgIpc) is 3.72. The van der Waals surface area contributed by atoms with Crippen LogP contribution >= 0.6 is 0 Å². The van der Waals surface area contributed by atoms with Crippen LogP contribution in [0.1, 0.15) is 116 Å². The highest BCUT2D eigenvalue weighted by Gasteiger charge is 2.68. The minimum absolute atomic E-state index is 0.113. The Morgan fingerprint density at radius 1 is 0.778 bits per heavy atom. The van der Waals surface area contributed by atoms with Crippen molar-refractivity contribution in [3.05, 3.63) is 59.7 Å². The van der Waals surface area contributed by atoms with Crippen LogP contribution in [0.25, 0.3) is 11.1 Å². The number of rotatable bonds is 26. The van der Waals surface area contributed by atoms with Crippen molar-refractivity contribution in [3.8, 4) is 11.1 Å². The number of aryl methyl sites for hydroxylation is 1. The maximum absolute atomic E-state index is 13.7. The molecule has 1 heterocycles. The fraction of sp³-hybridized carbons (Fsp3) is 0.608. The number of primary amides is 1. The van der Waals surface area contributed by atoms with Gasteiger partial charge in [-0.15, -0.1) is 0 Å². The number of carbonyl (C=O) groups is 8. The molecule has 394 valence electrons. The molecular formula is C51H76BN9O11. The summed E-state index contributed by atoms with van der Waals surface area (Å²) in [6, 6.07) is 8.61. The smallest absolute Gasteiger partial charge is 0.404 e. The molecule has 10 atom stereocenters. The van der Waals surface area contributed by atoms with E-state index in [-0.39, 0.29) is 23.5 Å². The maximum atomic E-state index is 13.7. The zero-order valence-corrected chi connectivity index (χ0v) is 43.0. The van der Waals surface area contributed by atoms with Gasteiger partial charge in [-0.3, -0.25) is 38.4 Å². The number of hydrogen-bond acceptors (Lipinski definition) is 12. The Balaban J connectivity index is 1.10. The van der Waals surface area contributed by atoms with Crippen molar-refractivity contribution in [1.82, 2.24) is 36.8 Å². The first-order valence-corrected chi connectivity index (χ1v) is 25.2. The number of hydrogen-bond donors (Lipinski definition) is 9. The zero-order valence-electron chi connectivity index (χ0n) is 43.0. The second-order valence-corrected chi connectivity index (χ2v) is 20.4. The molecule has 11 N–H and O–H groups in total. The summed E-state index contributed by atoms with van der Waals surface area (Å²) in [5.41, 5.74) is 14.1. The highest BCUT2D eigenvalue weighted by Crippen LogP contribution is 2.65. The fourth-order valence-corrected chi connectivity index (χ4v) is 10.1. The predicted octanol–water partition coefficient (Wildman–Crippen LogP) is 1.00. The van der Waals surface area contributed by atoms with Crippen LogP contribution < -0.4 is 43.4 Å². The van der Waals surface area contributed by atoms with Gasteiger partial charge in [0.25, 0.3) is 5.91 Å². The molecule has 0 radical (unpaired) electrons. The number of benzene rings is 2. The minimum Gasteiger partial charge on any atom is -0.404 e. The van der Waals surface area contributed by atoms with Crippen LogP contribution in [0.5, 0.6) is 0 Å². The van der Waals surface area contributed by atoms with Crippen molar-refractivity contribution >= 4 is 54.4 Å². The lowest BCUT2D eigenvalue weighted by Crippen LogP contribution is -2.65. The van der Waals surface area contributed by atoms with Gasteiger partial charge in [0.15, 0.2) is 0 Å². The number of likely N-dealkylation sites (N-methyl/N-ethyl adjacent to an activating group) is 1. The Morgan fingerprint density at radius 3 is 1.99 bits per heavy atom. The molecule has 1 unspecified atom stereocenters. The zero-order chi connectivity index (χ0) is 53.1. The monoisotopic (exact) mass is 1000 g/mol. The molecule has 2 bridgehead atoms. The third-order valence-corrected chi connectivity index (χ3v) is 14.9. The third kappa shape index (κ3) is 14.0. The lowest BCUT2D eigenvalue weighted by molar-refractivity contribution is -0.199. The Morgan fingerprint density at radius 2 is 1.39 bits per heavy atom. The molecule has 0 aromatic heterocycles. The summed E-state index contributed by atoms with van der Waals surface area (Å²) in [5.74, 6) is -5.82. The Labute approximate surface area is 423 Å². The molecule has 3 saturated carbocycles. The minimum atomic E-state index is -1.40. The highest BCUT2D eigenvalue weighted by atomic mass is 16.7. The van der Waals surface area contributed by atoms with Crippen molar-refractivity contribution in [2.24, 2.45) is 28.7 Å². The Hall–Kier alpha value is -5.90. The van der Waals surface area contributed by atoms with Gasteiger partial charge in [0, 0.05) is 12.6 Å². The van der Waals surface area contributed by atoms with E-state index >= 15 is 0 Å². The molecule has 4 fully saturated rings. The predicted molar refractivity (Wildman–Crippen MR) is 270 cm³/mol. The van der Waals surface area contributed by atoms with Crippen LogP contribution in [0.4, 0.5) is 0 Å². The lowest BCUT2D eigenvalue weighted by Gasteiger charge is -2.64. The van der Waals surface area contributed by atoms with Crippen molar-refractivity contribution < 1.29 is 52.8 Å². The van der Waals surface area contributed by atoms with E-state index in [0.29, 0.717) is 31.2 Å². The summed E-state index contributed by atoms with van der Waals surface area (Å²) in [6.45, 7) is 12.1. The van der Waals surface area contributed by atoms with Crippen LogP contribution in [-0.2, 0) is 49.3 Å². The van der Waals surface area contributed by atoms with E-state index in [0.717, 1.165) is 48.1 Å². The van der Waals surface area contributed by atoms with Crippen molar-refractivity contribution in [2.45, 2.75) is 154 Å². The molecule has 72 heavy (non-hydrogen) atoms. The number of aliphatic hydroxyl groups is 1. The second-order valence-electron chi connectivity index (χ2n) is 20.4. The van der Waals surface area contributed by atoms with E-state index in [1.54, 1.807) is 31.2 Å². The molecule has 4 aliphatic rings. The van der Waals surface area contributed by atoms with Crippen LogP contribution in [-0.4, -0.2) is 139 Å². The van der Waals surface area contributed by atoms with Crippen LogP contribution in [0.15, 0.2) is 48.5 Å². The summed E-state index contributed by atoms with van der Waals surface area (Å²) < 4.78 is 12.8. The third-order valence-electron chi connectivity index (χ3n) is 14.9. The number of amides is 8. The fourth-order valence-electron chi connectivity index (χ4n) is 10.1. The van der Waals surface area contributed by atoms with Crippen molar-refractivity contribution in [3.63, 3.8) is 0 Å². The molecule has 1 saturated heterocycles. The first-order chi connectivity index (χ1) is 34.0. The standard InChI is InChI=1S/C51H76BN9O11/c1-9-10-13-32-15-17-33(18-16-32)34-19-21-35(22-20-34)46(67)60-38(28-62)48(69)56-29(2)44(65)55-27-43(64)61(8)39(14-11-12-23-53)49(70)57-30(3)45(66)59-37(26-42(54)63)47(68)58-31(4)52-71-41-25-36-24-40(50(36,5)6)51(41,7)72-52/h15-22,29-31,36-41,62H,9-14,23-28,53H2,1-8H3,(H2,54,63)(H,55,65)(H,56,69)(H,57,70)(H,58,68)(H,59,66)(H,60,67)/t29-,30+,31+,36+,37+,38-,39+,40+,41?,51+/m1/s1. The van der Waals surface area contributed by atoms with Crippen molar-refractivity contribution in [2.75, 3.05) is 26.7 Å². The number of nitrogens with one attached hydrogen (secondary N) is 6. The summed E-state index contributed by atoms with van der Waals surface area (Å²) in [5, 5.41) is 25.2. The summed E-state index contributed by atoms with van der Waals surface area (Å²) in [6.07, 6.45) is 5.54. The molecule has 20 nitrogen and oxygen atoms in total. The van der Waals surface area contributed by atoms with Crippen LogP contribution in [0.3, 0.4) is 0 Å². The molecule has 1 aliphatic heterocycles. The maximum Gasteiger partial charge on any atom is 0.481 e. The molecule has 6 rings (SSSR count). The highest BCUT2D eigenvalue weighted by molar-refractivity contribution is 6.47. The van der Waals surface area contributed by atoms with E-state index in [1.165, 1.54) is 26.5 Å². The molecule has 2 aromatic rings. The average molecular weight is 1000 g/mol. The van der Waals surface area contributed by atoms with E-state index in [2.05, 4.69) is 71.7 Å². The van der Waals surface area contributed by atoms with Crippen LogP contribution in [0.2, 0.25) is 0 Å². The van der Waals surface area contributed by atoms with Gasteiger partial charge < -0.3 is 62.7 Å². The van der Waals surface area contributed by atoms with E-state index in [9.17, 15) is 43.5 Å². The van der Waals surface area contributed by atoms with Gasteiger partial charge in [0.2, 0.25) is 41.4 Å². The van der Waals surface area contributed by atoms with Gasteiger partial charge >= 0.3 is 7.12 Å². The number of carbonyl (C=O) groups excluding carboxylic acids is 8. The van der Waals surface area contributed by atoms with Gasteiger partial charge in [0.05, 0.1) is 37.2 Å². The first-order valence-electron chi connectivity index (χ1n) is 25.2. The summed E-state index contributed by atoms with van der Waals surface area (Å²) in [4.78, 5) is 107. The molecule has 0 spiro atoms. The molecule has 3 aliphatic carbocycles. The van der Waals surface area contributed by atoms with E-state index < -0.39 is 116 Å². The summed E-state index contributed by atoms with van der Waals surface area (Å²) >= 11 is 0. The van der Waals surface area contributed by atoms with Crippen LogP contribution in [0, 0.1) is 17.3 Å². The van der Waals surface area contributed by atoms with Gasteiger partial charge in [0.1, 0.15) is 30.2 Å². The molecule has 21 heteroatoms. The topological polar surface area (TPSA) is 303 Å². The van der Waals surface area contributed by atoms with Crippen molar-refractivity contribution in [1.29, 1.82) is 0 Å². The van der Waals surface area contributed by atoms with Gasteiger partial charge in [-0.1, -0.05) is 63.6 Å². The summed E-state index contributed by atoms with van der Waals surface area (Å²) in [7, 11) is 0.595. The normalized spacial score (nSPS) is 22.0. The number of nitrogens with two attached hydrogens (primary N) is 2. The second kappa shape index (κ2) is 25.2. The largest absolute Gasteiger partial charge is 0.481 e. The first kappa shape index (κ1) is 57.0.